The van der Waals surface area contributed by atoms with Crippen LogP contribution in [0.2, 0.25) is 0 Å². The van der Waals surface area contributed by atoms with E-state index in [4.69, 9.17) is 5.73 Å². The molecule has 0 radical (unpaired) electrons. The second-order valence-electron chi connectivity index (χ2n) is 14.6. The summed E-state index contributed by atoms with van der Waals surface area (Å²) in [6.45, 7) is 4.55. The number of hydrogen-bond acceptors (Lipinski definition) is 4. The molecule has 0 aromatic carbocycles. The monoisotopic (exact) mass is 650 g/mol. The van der Waals surface area contributed by atoms with E-state index in [2.05, 4.69) is 13.8 Å². The molecular formula is C42H83NO3. The Labute approximate surface area is 288 Å². The lowest BCUT2D eigenvalue weighted by Crippen LogP contribution is -2.47. The Hall–Kier alpha value is -0.710. The number of nitrogens with two attached hydrogens (primary N) is 1. The first kappa shape index (κ1) is 45.3. The highest BCUT2D eigenvalue weighted by Gasteiger charge is 2.26. The van der Waals surface area contributed by atoms with Gasteiger partial charge >= 0.3 is 0 Å². The predicted octanol–water partition coefficient (Wildman–Crippen LogP) is 12.5. The number of hydrogen-bond donors (Lipinski definition) is 3. The van der Waals surface area contributed by atoms with Crippen LogP contribution in [-0.2, 0) is 4.79 Å². The van der Waals surface area contributed by atoms with E-state index in [1.807, 2.05) is 6.08 Å². The van der Waals surface area contributed by atoms with Gasteiger partial charge in [0.15, 0.2) is 5.78 Å². The number of aliphatic hydroxyl groups excluding tert-OH is 2. The van der Waals surface area contributed by atoms with Crippen molar-refractivity contribution in [1.82, 2.24) is 0 Å². The Bertz CT molecular complexity index is 636. The third-order valence-corrected chi connectivity index (χ3v) is 9.92. The average Bonchev–Trinajstić information content (AvgIpc) is 3.06. The molecule has 0 aliphatic heterocycles. The van der Waals surface area contributed by atoms with Crippen LogP contribution in [0, 0.1) is 0 Å². The van der Waals surface area contributed by atoms with Gasteiger partial charge in [-0.2, -0.15) is 0 Å². The molecule has 0 saturated heterocycles. The standard InChI is InChI=1S/C42H83NO3/c1-3-5-7-9-11-13-15-17-18-19-20-21-22-23-24-26-28-30-32-34-36-38-40(45)42(46)41(43)39(44)37-35-33-31-29-27-25-16-14-12-10-8-6-4-2/h35,37,39,41-42,44,46H,3-34,36,38,43H2,1-2H3/b37-35+/t39-,41-,42?/m1/s1. The van der Waals surface area contributed by atoms with Gasteiger partial charge in [-0.15, -0.1) is 0 Å². The number of rotatable bonds is 38. The van der Waals surface area contributed by atoms with E-state index in [1.165, 1.54) is 180 Å². The van der Waals surface area contributed by atoms with Crippen molar-refractivity contribution in [3.8, 4) is 0 Å². The van der Waals surface area contributed by atoms with Gasteiger partial charge in [0.25, 0.3) is 0 Å². The fraction of sp³-hybridized carbons (Fsp3) is 0.929. The molecule has 0 rings (SSSR count). The lowest BCUT2D eigenvalue weighted by Gasteiger charge is -2.21. The normalized spacial score (nSPS) is 13.8. The number of carbonyl (C=O) groups excluding carboxylic acids is 1. The summed E-state index contributed by atoms with van der Waals surface area (Å²) >= 11 is 0. The lowest BCUT2D eigenvalue weighted by atomic mass is 9.97. The zero-order valence-corrected chi connectivity index (χ0v) is 31.3. The highest BCUT2D eigenvalue weighted by molar-refractivity contribution is 5.83. The number of ketones is 1. The van der Waals surface area contributed by atoms with Crippen LogP contribution in [0.4, 0.5) is 0 Å². The Morgan fingerprint density at radius 3 is 1.09 bits per heavy atom. The molecule has 4 heteroatoms. The zero-order valence-electron chi connectivity index (χ0n) is 31.3. The van der Waals surface area contributed by atoms with E-state index in [0.717, 1.165) is 32.1 Å². The van der Waals surface area contributed by atoms with Crippen LogP contribution in [0.5, 0.6) is 0 Å². The summed E-state index contributed by atoms with van der Waals surface area (Å²) in [6.07, 6.45) is 45.2. The molecule has 0 aromatic heterocycles. The molecule has 0 spiro atoms. The number of allylic oxidation sites excluding steroid dienone is 1. The van der Waals surface area contributed by atoms with Gasteiger partial charge in [0.05, 0.1) is 12.1 Å². The Kier molecular flexibility index (Phi) is 36.5. The second-order valence-corrected chi connectivity index (χ2v) is 14.6. The van der Waals surface area contributed by atoms with Crippen molar-refractivity contribution in [3.63, 3.8) is 0 Å². The molecule has 0 aliphatic rings. The first-order valence-corrected chi connectivity index (χ1v) is 20.9. The molecule has 46 heavy (non-hydrogen) atoms. The molecule has 0 saturated carbocycles. The first-order valence-electron chi connectivity index (χ1n) is 20.9. The largest absolute Gasteiger partial charge is 0.387 e. The first-order chi connectivity index (χ1) is 22.5. The highest BCUT2D eigenvalue weighted by atomic mass is 16.3. The van der Waals surface area contributed by atoms with E-state index in [0.29, 0.717) is 6.42 Å². The van der Waals surface area contributed by atoms with Crippen LogP contribution in [0.3, 0.4) is 0 Å². The highest BCUT2D eigenvalue weighted by Crippen LogP contribution is 2.16. The van der Waals surface area contributed by atoms with Gasteiger partial charge in [0.1, 0.15) is 6.10 Å². The Balaban J connectivity index is 3.53. The lowest BCUT2D eigenvalue weighted by molar-refractivity contribution is -0.129. The van der Waals surface area contributed by atoms with Gasteiger partial charge in [-0.25, -0.2) is 0 Å². The molecular weight excluding hydrogens is 566 g/mol. The number of Topliss-reactive ketones (excluding diaryl/α,β-unsaturated/α-hetero) is 1. The third kappa shape index (κ3) is 31.9. The predicted molar refractivity (Wildman–Crippen MR) is 202 cm³/mol. The summed E-state index contributed by atoms with van der Waals surface area (Å²) in [4.78, 5) is 12.4. The Morgan fingerprint density at radius 2 is 0.761 bits per heavy atom. The van der Waals surface area contributed by atoms with Crippen molar-refractivity contribution in [2.24, 2.45) is 5.73 Å². The maximum atomic E-state index is 12.4. The SMILES string of the molecule is CCCCCCCCCCCCC/C=C/[C@@H](O)[C@@H](N)C(O)C(=O)CCCCCCCCCCCCCCCCCCCCCCC. The second kappa shape index (κ2) is 37.1. The molecule has 0 heterocycles. The smallest absolute Gasteiger partial charge is 0.162 e. The van der Waals surface area contributed by atoms with Crippen LogP contribution < -0.4 is 5.73 Å². The molecule has 3 atom stereocenters. The maximum Gasteiger partial charge on any atom is 0.162 e. The molecule has 0 fully saturated rings. The minimum atomic E-state index is -1.29. The number of unbranched alkanes of at least 4 members (excludes halogenated alkanes) is 31. The molecule has 0 aromatic rings. The van der Waals surface area contributed by atoms with Crippen molar-refractivity contribution in [3.05, 3.63) is 12.2 Å². The molecule has 1 unspecified atom stereocenters. The quantitative estimate of drug-likeness (QED) is 0.0459. The van der Waals surface area contributed by atoms with Crippen molar-refractivity contribution in [1.29, 1.82) is 0 Å². The van der Waals surface area contributed by atoms with Crippen molar-refractivity contribution in [2.75, 3.05) is 0 Å². The molecule has 0 amide bonds. The van der Waals surface area contributed by atoms with Crippen molar-refractivity contribution in [2.45, 2.75) is 250 Å². The summed E-state index contributed by atoms with van der Waals surface area (Å²) < 4.78 is 0. The van der Waals surface area contributed by atoms with E-state index in [1.54, 1.807) is 6.08 Å². The van der Waals surface area contributed by atoms with Gasteiger partial charge < -0.3 is 15.9 Å². The van der Waals surface area contributed by atoms with Crippen LogP contribution in [0.25, 0.3) is 0 Å². The summed E-state index contributed by atoms with van der Waals surface area (Å²) in [5, 5.41) is 20.7. The van der Waals surface area contributed by atoms with Gasteiger partial charge in [-0.05, 0) is 19.3 Å². The van der Waals surface area contributed by atoms with E-state index >= 15 is 0 Å². The maximum absolute atomic E-state index is 12.4. The van der Waals surface area contributed by atoms with E-state index in [9.17, 15) is 15.0 Å². The van der Waals surface area contributed by atoms with E-state index in [-0.39, 0.29) is 5.78 Å². The van der Waals surface area contributed by atoms with Crippen LogP contribution in [-0.4, -0.2) is 34.2 Å². The molecule has 274 valence electrons. The fourth-order valence-electron chi connectivity index (χ4n) is 6.57. The molecule has 0 bridgehead atoms. The van der Waals surface area contributed by atoms with Gasteiger partial charge in [0, 0.05) is 6.42 Å². The molecule has 4 nitrogen and oxygen atoms in total. The summed E-state index contributed by atoms with van der Waals surface area (Å²) in [5.74, 6) is -0.233. The van der Waals surface area contributed by atoms with Crippen molar-refractivity contribution < 1.29 is 15.0 Å². The molecule has 0 aliphatic carbocycles. The van der Waals surface area contributed by atoms with Gasteiger partial charge in [-0.1, -0.05) is 219 Å². The number of aliphatic hydroxyl groups is 2. The van der Waals surface area contributed by atoms with Crippen LogP contribution in [0.1, 0.15) is 232 Å². The molecule has 4 N–H and O–H groups in total. The summed E-state index contributed by atoms with van der Waals surface area (Å²) in [6, 6.07) is -0.948. The minimum absolute atomic E-state index is 0.233. The third-order valence-electron chi connectivity index (χ3n) is 9.92. The minimum Gasteiger partial charge on any atom is -0.387 e. The fourth-order valence-corrected chi connectivity index (χ4v) is 6.57. The summed E-state index contributed by atoms with van der Waals surface area (Å²) in [7, 11) is 0. The average molecular weight is 650 g/mol. The Morgan fingerprint density at radius 1 is 0.478 bits per heavy atom. The zero-order chi connectivity index (χ0) is 33.8. The van der Waals surface area contributed by atoms with Gasteiger partial charge in [0.2, 0.25) is 0 Å². The van der Waals surface area contributed by atoms with Gasteiger partial charge in [-0.3, -0.25) is 4.79 Å². The number of carbonyl (C=O) groups is 1. The summed E-state index contributed by atoms with van der Waals surface area (Å²) in [5.41, 5.74) is 6.02. The topological polar surface area (TPSA) is 83.6 Å². The van der Waals surface area contributed by atoms with Crippen LogP contribution >= 0.6 is 0 Å². The van der Waals surface area contributed by atoms with Crippen molar-refractivity contribution >= 4 is 5.78 Å². The van der Waals surface area contributed by atoms with Crippen LogP contribution in [0.15, 0.2) is 12.2 Å². The van der Waals surface area contributed by atoms with E-state index < -0.39 is 18.2 Å².